The summed E-state index contributed by atoms with van der Waals surface area (Å²) >= 11 is 1.40. The maximum absolute atomic E-state index is 12.2. The van der Waals surface area contributed by atoms with Gasteiger partial charge in [-0.25, -0.2) is 0 Å². The van der Waals surface area contributed by atoms with Crippen LogP contribution in [0.4, 0.5) is 5.95 Å². The molecule has 0 aliphatic carbocycles. The van der Waals surface area contributed by atoms with E-state index in [1.807, 2.05) is 32.9 Å². The molecule has 1 amide bonds. The van der Waals surface area contributed by atoms with Gasteiger partial charge in [-0.1, -0.05) is 30.0 Å². The summed E-state index contributed by atoms with van der Waals surface area (Å²) in [6.45, 7) is 10.9. The number of amides is 1. The molecular formula is C19H27N5O2S. The lowest BCUT2D eigenvalue weighted by molar-refractivity contribution is -0.119. The number of morpholine rings is 1. The minimum Gasteiger partial charge on any atom is -0.378 e. The van der Waals surface area contributed by atoms with Crippen molar-refractivity contribution in [3.63, 3.8) is 0 Å². The van der Waals surface area contributed by atoms with Crippen LogP contribution in [-0.2, 0) is 9.53 Å². The van der Waals surface area contributed by atoms with Crippen LogP contribution in [0, 0.1) is 6.92 Å². The van der Waals surface area contributed by atoms with Crippen molar-refractivity contribution in [3.05, 3.63) is 29.8 Å². The number of benzene rings is 1. The maximum Gasteiger partial charge on any atom is 0.232 e. The van der Waals surface area contributed by atoms with Crippen molar-refractivity contribution in [2.24, 2.45) is 0 Å². The van der Waals surface area contributed by atoms with Crippen LogP contribution in [0.5, 0.6) is 0 Å². The molecular weight excluding hydrogens is 362 g/mol. The van der Waals surface area contributed by atoms with E-state index >= 15 is 0 Å². The number of carbonyl (C=O) groups excluding carboxylic acids is 1. The summed E-state index contributed by atoms with van der Waals surface area (Å²) in [7, 11) is 0. The van der Waals surface area contributed by atoms with E-state index in [1.54, 1.807) is 0 Å². The summed E-state index contributed by atoms with van der Waals surface area (Å²) in [5, 5.41) is 12.5. The summed E-state index contributed by atoms with van der Waals surface area (Å²) < 4.78 is 7.52. The Labute approximate surface area is 164 Å². The smallest absolute Gasteiger partial charge is 0.232 e. The van der Waals surface area contributed by atoms with Gasteiger partial charge in [0.2, 0.25) is 11.9 Å². The fourth-order valence-electron chi connectivity index (χ4n) is 2.93. The third kappa shape index (κ3) is 5.01. The van der Waals surface area contributed by atoms with E-state index in [0.29, 0.717) is 19.0 Å². The second kappa shape index (κ2) is 8.31. The second-order valence-electron chi connectivity index (χ2n) is 7.59. The number of para-hydroxylation sites is 1. The minimum atomic E-state index is -0.250. The molecule has 1 aliphatic rings. The van der Waals surface area contributed by atoms with Crippen LogP contribution in [0.3, 0.4) is 0 Å². The van der Waals surface area contributed by atoms with Gasteiger partial charge in [-0.05, 0) is 39.3 Å². The Morgan fingerprint density at radius 1 is 1.22 bits per heavy atom. The molecule has 1 aromatic carbocycles. The highest BCUT2D eigenvalue weighted by atomic mass is 32.2. The lowest BCUT2D eigenvalue weighted by atomic mass is 10.1. The first-order valence-corrected chi connectivity index (χ1v) is 10.1. The monoisotopic (exact) mass is 389 g/mol. The van der Waals surface area contributed by atoms with Gasteiger partial charge in [-0.3, -0.25) is 9.36 Å². The molecule has 7 nitrogen and oxygen atoms in total. The van der Waals surface area contributed by atoms with Crippen LogP contribution in [0.2, 0.25) is 0 Å². The Balaban J connectivity index is 1.88. The summed E-state index contributed by atoms with van der Waals surface area (Å²) in [4.78, 5) is 14.4. The maximum atomic E-state index is 12.2. The fourth-order valence-corrected chi connectivity index (χ4v) is 3.67. The number of ether oxygens (including phenoxy) is 1. The molecule has 0 bridgehead atoms. The topological polar surface area (TPSA) is 72.3 Å². The Morgan fingerprint density at radius 3 is 2.59 bits per heavy atom. The van der Waals surface area contributed by atoms with E-state index in [9.17, 15) is 4.79 Å². The third-order valence-electron chi connectivity index (χ3n) is 4.11. The number of aromatic nitrogens is 3. The Bertz CT molecular complexity index is 794. The first-order valence-electron chi connectivity index (χ1n) is 9.13. The normalized spacial score (nSPS) is 15.0. The number of carbonyl (C=O) groups is 1. The summed E-state index contributed by atoms with van der Waals surface area (Å²) in [6.07, 6.45) is 0. The summed E-state index contributed by atoms with van der Waals surface area (Å²) in [6, 6.07) is 8.15. The van der Waals surface area contributed by atoms with E-state index in [1.165, 1.54) is 11.8 Å². The highest BCUT2D eigenvalue weighted by Crippen LogP contribution is 2.28. The van der Waals surface area contributed by atoms with Crippen molar-refractivity contribution < 1.29 is 9.53 Å². The van der Waals surface area contributed by atoms with Crippen LogP contribution in [-0.4, -0.2) is 58.3 Å². The van der Waals surface area contributed by atoms with Gasteiger partial charge in [0.1, 0.15) is 0 Å². The van der Waals surface area contributed by atoms with Crippen LogP contribution in [0.25, 0.3) is 5.69 Å². The molecule has 2 heterocycles. The molecule has 0 spiro atoms. The number of hydrogen-bond donors (Lipinski definition) is 1. The van der Waals surface area contributed by atoms with Gasteiger partial charge in [0.15, 0.2) is 5.16 Å². The van der Waals surface area contributed by atoms with Crippen molar-refractivity contribution >= 4 is 23.6 Å². The van der Waals surface area contributed by atoms with Gasteiger partial charge in [0.05, 0.1) is 24.7 Å². The second-order valence-corrected chi connectivity index (χ2v) is 8.53. The Morgan fingerprint density at radius 2 is 1.93 bits per heavy atom. The fraction of sp³-hybridized carbons (Fsp3) is 0.526. The number of aryl methyl sites for hydroxylation is 1. The molecule has 1 saturated heterocycles. The number of nitrogens with zero attached hydrogens (tertiary/aromatic N) is 4. The van der Waals surface area contributed by atoms with Crippen molar-refractivity contribution in [2.75, 3.05) is 37.0 Å². The molecule has 0 atom stereocenters. The SMILES string of the molecule is Cc1ccccc1-n1c(SCC(=O)NC(C)(C)C)nnc1N1CCOCC1. The Kier molecular flexibility index (Phi) is 6.06. The van der Waals surface area contributed by atoms with Gasteiger partial charge >= 0.3 is 0 Å². The van der Waals surface area contributed by atoms with E-state index in [-0.39, 0.29) is 11.4 Å². The third-order valence-corrected chi connectivity index (χ3v) is 5.04. The van der Waals surface area contributed by atoms with Gasteiger partial charge < -0.3 is 15.0 Å². The van der Waals surface area contributed by atoms with E-state index in [2.05, 4.69) is 44.0 Å². The van der Waals surface area contributed by atoms with Gasteiger partial charge in [-0.15, -0.1) is 10.2 Å². The molecule has 2 aromatic rings. The average Bonchev–Trinajstić information content (AvgIpc) is 3.03. The van der Waals surface area contributed by atoms with Gasteiger partial charge in [0.25, 0.3) is 0 Å². The molecule has 3 rings (SSSR count). The molecule has 0 saturated carbocycles. The Hall–Kier alpha value is -2.06. The number of nitrogens with one attached hydrogen (secondary N) is 1. The molecule has 1 N–H and O–H groups in total. The molecule has 27 heavy (non-hydrogen) atoms. The van der Waals surface area contributed by atoms with Crippen molar-refractivity contribution in [2.45, 2.75) is 38.4 Å². The van der Waals surface area contributed by atoms with E-state index in [4.69, 9.17) is 4.74 Å². The van der Waals surface area contributed by atoms with Crippen LogP contribution < -0.4 is 10.2 Å². The number of hydrogen-bond acceptors (Lipinski definition) is 6. The van der Waals surface area contributed by atoms with Gasteiger partial charge in [-0.2, -0.15) is 0 Å². The zero-order chi connectivity index (χ0) is 19.4. The predicted molar refractivity (Wildman–Crippen MR) is 108 cm³/mol. The van der Waals surface area contributed by atoms with E-state index < -0.39 is 0 Å². The molecule has 1 aromatic heterocycles. The van der Waals surface area contributed by atoms with Crippen molar-refractivity contribution in [1.29, 1.82) is 0 Å². The molecule has 146 valence electrons. The summed E-state index contributed by atoms with van der Waals surface area (Å²) in [5.41, 5.74) is 1.91. The standard InChI is InChI=1S/C19H27N5O2S/c1-14-7-5-6-8-15(14)24-17(23-9-11-26-12-10-23)21-22-18(24)27-13-16(25)20-19(2,3)4/h5-8H,9-13H2,1-4H3,(H,20,25). The highest BCUT2D eigenvalue weighted by Gasteiger charge is 2.23. The minimum absolute atomic E-state index is 0.0141. The van der Waals surface area contributed by atoms with Crippen molar-refractivity contribution in [1.82, 2.24) is 20.1 Å². The zero-order valence-electron chi connectivity index (χ0n) is 16.4. The largest absolute Gasteiger partial charge is 0.378 e. The summed E-state index contributed by atoms with van der Waals surface area (Å²) in [5.74, 6) is 1.08. The molecule has 1 aliphatic heterocycles. The molecule has 1 fully saturated rings. The quantitative estimate of drug-likeness (QED) is 0.792. The lowest BCUT2D eigenvalue weighted by Crippen LogP contribution is -2.41. The van der Waals surface area contributed by atoms with Gasteiger partial charge in [0, 0.05) is 18.6 Å². The predicted octanol–water partition coefficient (Wildman–Crippen LogP) is 2.42. The van der Waals surface area contributed by atoms with Crippen molar-refractivity contribution in [3.8, 4) is 5.69 Å². The first-order chi connectivity index (χ1) is 12.8. The van der Waals surface area contributed by atoms with E-state index in [0.717, 1.165) is 35.4 Å². The van der Waals surface area contributed by atoms with Crippen LogP contribution in [0.15, 0.2) is 29.4 Å². The number of thioether (sulfide) groups is 1. The molecule has 0 unspecified atom stereocenters. The van der Waals surface area contributed by atoms with Crippen LogP contribution >= 0.6 is 11.8 Å². The molecule has 8 heteroatoms. The molecule has 0 radical (unpaired) electrons. The van der Waals surface area contributed by atoms with Crippen LogP contribution in [0.1, 0.15) is 26.3 Å². The average molecular weight is 390 g/mol. The number of rotatable bonds is 5. The number of anilines is 1. The first kappa shape index (κ1) is 19.7. The highest BCUT2D eigenvalue weighted by molar-refractivity contribution is 7.99. The zero-order valence-corrected chi connectivity index (χ0v) is 17.2. The lowest BCUT2D eigenvalue weighted by Gasteiger charge is -2.28.